The summed E-state index contributed by atoms with van der Waals surface area (Å²) in [5.41, 5.74) is 0.697. The van der Waals surface area contributed by atoms with Crippen molar-refractivity contribution in [3.8, 4) is 0 Å². The van der Waals surface area contributed by atoms with Crippen LogP contribution in [0.3, 0.4) is 0 Å². The first-order valence-corrected chi connectivity index (χ1v) is 8.47. The van der Waals surface area contributed by atoms with Crippen molar-refractivity contribution >= 4 is 38.2 Å². The van der Waals surface area contributed by atoms with E-state index in [0.29, 0.717) is 30.5 Å². The summed E-state index contributed by atoms with van der Waals surface area (Å²) < 4.78 is 28.5. The van der Waals surface area contributed by atoms with Gasteiger partial charge in [0.1, 0.15) is 17.4 Å². The third-order valence-corrected chi connectivity index (χ3v) is 3.90. The Kier molecular flexibility index (Phi) is 5.73. The molecule has 0 unspecified atom stereocenters. The summed E-state index contributed by atoms with van der Waals surface area (Å²) in [6.45, 7) is 2.98. The van der Waals surface area contributed by atoms with Crippen molar-refractivity contribution in [2.75, 3.05) is 25.2 Å². The molecule has 0 amide bonds. The zero-order chi connectivity index (χ0) is 13.8. The second-order valence-electron chi connectivity index (χ2n) is 3.78. The molecule has 0 spiro atoms. The number of methoxy groups -OCH3 is 1. The molecule has 0 fully saturated rings. The first-order valence-electron chi connectivity index (χ1n) is 5.33. The number of hydrogen-bond acceptors (Lipinski definition) is 6. The summed E-state index contributed by atoms with van der Waals surface area (Å²) in [5, 5.41) is 3.09. The van der Waals surface area contributed by atoms with Crippen molar-refractivity contribution in [3.63, 3.8) is 0 Å². The van der Waals surface area contributed by atoms with Gasteiger partial charge in [0.2, 0.25) is 0 Å². The van der Waals surface area contributed by atoms with E-state index in [9.17, 15) is 8.42 Å². The summed E-state index contributed by atoms with van der Waals surface area (Å²) in [5.74, 6) is 0.777. The molecule has 18 heavy (non-hydrogen) atoms. The molecule has 8 heteroatoms. The van der Waals surface area contributed by atoms with Crippen LogP contribution in [-0.4, -0.2) is 38.3 Å². The van der Waals surface area contributed by atoms with Gasteiger partial charge in [-0.1, -0.05) is 0 Å². The van der Waals surface area contributed by atoms with Gasteiger partial charge >= 0.3 is 0 Å². The molecule has 1 aromatic rings. The van der Waals surface area contributed by atoms with Gasteiger partial charge in [0, 0.05) is 19.9 Å². The largest absolute Gasteiger partial charge is 0.378 e. The summed E-state index contributed by atoms with van der Waals surface area (Å²) in [4.78, 5) is 8.45. The molecule has 0 saturated heterocycles. The molecule has 0 atom stereocenters. The highest BCUT2D eigenvalue weighted by Gasteiger charge is 2.14. The first kappa shape index (κ1) is 15.6. The number of sulfone groups is 1. The fraction of sp³-hybridized carbons (Fsp3) is 0.600. The van der Waals surface area contributed by atoms with E-state index >= 15 is 0 Å². The monoisotopic (exact) mass is 385 g/mol. The van der Waals surface area contributed by atoms with Crippen LogP contribution >= 0.6 is 22.6 Å². The third kappa shape index (κ3) is 4.65. The molecular weight excluding hydrogens is 369 g/mol. The van der Waals surface area contributed by atoms with E-state index in [2.05, 4.69) is 37.9 Å². The lowest BCUT2D eigenvalue weighted by Crippen LogP contribution is -2.13. The van der Waals surface area contributed by atoms with Crippen molar-refractivity contribution in [1.82, 2.24) is 9.97 Å². The second-order valence-corrected chi connectivity index (χ2v) is 7.00. The third-order valence-electron chi connectivity index (χ3n) is 1.98. The molecule has 0 aliphatic heterocycles. The Morgan fingerprint density at radius 3 is 2.56 bits per heavy atom. The Hall–Kier alpha value is -0.480. The van der Waals surface area contributed by atoms with Crippen molar-refractivity contribution in [3.05, 3.63) is 15.1 Å². The Morgan fingerprint density at radius 1 is 1.39 bits per heavy atom. The lowest BCUT2D eigenvalue weighted by molar-refractivity contribution is 0.180. The lowest BCUT2D eigenvalue weighted by atomic mass is 10.4. The minimum Gasteiger partial charge on any atom is -0.378 e. The van der Waals surface area contributed by atoms with Crippen LogP contribution in [0.5, 0.6) is 0 Å². The number of nitrogens with zero attached hydrogens (tertiary/aromatic N) is 2. The molecule has 0 bridgehead atoms. The van der Waals surface area contributed by atoms with E-state index in [1.165, 1.54) is 0 Å². The fourth-order valence-corrected chi connectivity index (χ4v) is 2.55. The molecule has 0 aromatic carbocycles. The van der Waals surface area contributed by atoms with Gasteiger partial charge in [0.25, 0.3) is 0 Å². The molecule has 1 aromatic heterocycles. The van der Waals surface area contributed by atoms with Gasteiger partial charge < -0.3 is 10.1 Å². The van der Waals surface area contributed by atoms with Gasteiger partial charge in [-0.05, 0) is 29.5 Å². The second kappa shape index (κ2) is 6.62. The van der Waals surface area contributed by atoms with E-state index in [1.54, 1.807) is 7.11 Å². The molecule has 6 nitrogen and oxygen atoms in total. The minimum atomic E-state index is -3.15. The van der Waals surface area contributed by atoms with E-state index in [1.807, 2.05) is 6.92 Å². The van der Waals surface area contributed by atoms with Crippen LogP contribution in [-0.2, 0) is 26.9 Å². The number of hydrogen-bond donors (Lipinski definition) is 1. The topological polar surface area (TPSA) is 81.2 Å². The van der Waals surface area contributed by atoms with Gasteiger partial charge in [-0.15, -0.1) is 0 Å². The maximum absolute atomic E-state index is 11.3. The molecule has 1 rings (SSSR count). The summed E-state index contributed by atoms with van der Waals surface area (Å²) in [6, 6.07) is 0. The number of ether oxygens (including phenoxy) is 1. The number of halogens is 1. The summed E-state index contributed by atoms with van der Waals surface area (Å²) in [6.07, 6.45) is 1.16. The number of anilines is 1. The van der Waals surface area contributed by atoms with E-state index in [0.717, 1.165) is 9.83 Å². The van der Waals surface area contributed by atoms with Crippen LogP contribution in [0.4, 0.5) is 5.82 Å². The lowest BCUT2D eigenvalue weighted by Gasteiger charge is -2.11. The number of rotatable bonds is 6. The summed E-state index contributed by atoms with van der Waals surface area (Å²) >= 11 is 2.12. The Bertz CT molecular complexity index is 492. The highest BCUT2D eigenvalue weighted by Crippen LogP contribution is 2.20. The molecule has 0 radical (unpaired) electrons. The Labute approximate surface area is 121 Å². The van der Waals surface area contributed by atoms with Crippen LogP contribution < -0.4 is 5.32 Å². The van der Waals surface area contributed by atoms with Crippen molar-refractivity contribution in [1.29, 1.82) is 0 Å². The van der Waals surface area contributed by atoms with Gasteiger partial charge in [0.15, 0.2) is 9.84 Å². The van der Waals surface area contributed by atoms with Crippen molar-refractivity contribution in [2.24, 2.45) is 0 Å². The van der Waals surface area contributed by atoms with Crippen LogP contribution in [0.1, 0.15) is 18.4 Å². The van der Waals surface area contributed by atoms with Crippen LogP contribution in [0.2, 0.25) is 0 Å². The van der Waals surface area contributed by atoms with E-state index in [4.69, 9.17) is 4.74 Å². The zero-order valence-corrected chi connectivity index (χ0v) is 13.5. The highest BCUT2D eigenvalue weighted by atomic mass is 127. The maximum atomic E-state index is 11.3. The predicted octanol–water partition coefficient (Wildman–Crippen LogP) is 1.20. The molecule has 0 aliphatic rings. The zero-order valence-electron chi connectivity index (χ0n) is 10.5. The van der Waals surface area contributed by atoms with E-state index in [-0.39, 0.29) is 5.75 Å². The van der Waals surface area contributed by atoms with Crippen LogP contribution in [0.15, 0.2) is 0 Å². The van der Waals surface area contributed by atoms with E-state index < -0.39 is 9.84 Å². The number of nitrogens with one attached hydrogen (secondary N) is 1. The minimum absolute atomic E-state index is 0.168. The molecule has 102 valence electrons. The Morgan fingerprint density at radius 2 is 2.06 bits per heavy atom. The molecular formula is C10H16IN3O3S. The Balaban J connectivity index is 3.19. The SMILES string of the molecule is CCNc1nc(CS(C)(=O)=O)nc(COC)c1I. The van der Waals surface area contributed by atoms with Crippen LogP contribution in [0, 0.1) is 3.57 Å². The van der Waals surface area contributed by atoms with Gasteiger partial charge in [-0.3, -0.25) is 0 Å². The molecule has 0 saturated carbocycles. The standard InChI is InChI=1S/C10H16IN3O3S/c1-4-12-10-9(11)7(5-17-2)13-8(14-10)6-18(3,15)16/h4-6H2,1-3H3,(H,12,13,14). The summed E-state index contributed by atoms with van der Waals surface area (Å²) in [7, 11) is -1.58. The predicted molar refractivity (Wildman–Crippen MR) is 78.2 cm³/mol. The molecule has 1 heterocycles. The van der Waals surface area contributed by atoms with Crippen LogP contribution in [0.25, 0.3) is 0 Å². The maximum Gasteiger partial charge on any atom is 0.154 e. The number of aromatic nitrogens is 2. The van der Waals surface area contributed by atoms with Crippen molar-refractivity contribution < 1.29 is 13.2 Å². The average molecular weight is 385 g/mol. The first-order chi connectivity index (χ1) is 8.37. The normalized spacial score (nSPS) is 11.6. The quantitative estimate of drug-likeness (QED) is 0.742. The van der Waals surface area contributed by atoms with Gasteiger partial charge in [-0.25, -0.2) is 18.4 Å². The smallest absolute Gasteiger partial charge is 0.154 e. The fourth-order valence-electron chi connectivity index (χ4n) is 1.36. The van der Waals surface area contributed by atoms with Gasteiger partial charge in [-0.2, -0.15) is 0 Å². The average Bonchev–Trinajstić information content (AvgIpc) is 2.23. The van der Waals surface area contributed by atoms with Crippen molar-refractivity contribution in [2.45, 2.75) is 19.3 Å². The molecule has 0 aliphatic carbocycles. The highest BCUT2D eigenvalue weighted by molar-refractivity contribution is 14.1. The van der Waals surface area contributed by atoms with Gasteiger partial charge in [0.05, 0.1) is 15.9 Å². The molecule has 1 N–H and O–H groups in total.